The number of hydrogen-bond donors (Lipinski definition) is 1. The van der Waals surface area contributed by atoms with E-state index in [4.69, 9.17) is 0 Å². The smallest absolute Gasteiger partial charge is 0.453 e. The Morgan fingerprint density at radius 1 is 0.837 bits per heavy atom. The van der Waals surface area contributed by atoms with E-state index in [1.807, 2.05) is 36.2 Å². The number of fused-ring (bicyclic) bond motifs is 1. The van der Waals surface area contributed by atoms with Crippen molar-refractivity contribution in [1.82, 2.24) is 4.90 Å². The highest BCUT2D eigenvalue weighted by molar-refractivity contribution is 7.91. The van der Waals surface area contributed by atoms with Gasteiger partial charge in [0.25, 0.3) is 0 Å². The first-order valence-corrected chi connectivity index (χ1v) is 16.6. The molecule has 2 aromatic rings. The van der Waals surface area contributed by atoms with Crippen LogP contribution < -0.4 is 0 Å². The zero-order chi connectivity index (χ0) is 31.7. The molecule has 0 bridgehead atoms. The lowest BCUT2D eigenvalue weighted by atomic mass is 9.89. The molecular formula is C32H41F6NO3S. The Hall–Kier alpha value is -2.53. The molecule has 240 valence electrons. The van der Waals surface area contributed by atoms with Crippen molar-refractivity contribution in [3.8, 4) is 5.75 Å². The number of alkyl halides is 5. The summed E-state index contributed by atoms with van der Waals surface area (Å²) in [5.41, 5.74) is 5.72. The van der Waals surface area contributed by atoms with Crippen LogP contribution in [-0.2, 0) is 16.3 Å². The van der Waals surface area contributed by atoms with Gasteiger partial charge < -0.3 is 10.0 Å². The normalized spacial score (nSPS) is 14.7. The van der Waals surface area contributed by atoms with Gasteiger partial charge in [-0.1, -0.05) is 31.0 Å². The number of hydrogen-bond acceptors (Lipinski definition) is 4. The predicted octanol–water partition coefficient (Wildman–Crippen LogP) is 8.44. The van der Waals surface area contributed by atoms with Crippen molar-refractivity contribution < 1.29 is 39.9 Å². The minimum atomic E-state index is -5.67. The number of rotatable bonds is 16. The average molecular weight is 634 g/mol. The summed E-state index contributed by atoms with van der Waals surface area (Å²) in [5.74, 6) is -5.85. The molecule has 0 amide bonds. The summed E-state index contributed by atoms with van der Waals surface area (Å²) >= 11 is 0. The Balaban J connectivity index is 1.43. The summed E-state index contributed by atoms with van der Waals surface area (Å²) in [6.07, 6.45) is -0.315. The van der Waals surface area contributed by atoms with E-state index in [0.29, 0.717) is 6.54 Å². The maximum Gasteiger partial charge on any atom is 0.453 e. The predicted molar refractivity (Wildman–Crippen MR) is 158 cm³/mol. The van der Waals surface area contributed by atoms with Crippen LogP contribution in [0.5, 0.6) is 5.75 Å². The quantitative estimate of drug-likeness (QED) is 0.149. The molecule has 0 spiro atoms. The summed E-state index contributed by atoms with van der Waals surface area (Å²) in [5, 5.41) is 10.0. The van der Waals surface area contributed by atoms with Crippen LogP contribution in [0.2, 0.25) is 0 Å². The van der Waals surface area contributed by atoms with E-state index in [1.165, 1.54) is 23.3 Å². The highest BCUT2D eigenvalue weighted by Crippen LogP contribution is 2.40. The van der Waals surface area contributed by atoms with Crippen LogP contribution in [0.15, 0.2) is 42.5 Å². The van der Waals surface area contributed by atoms with Gasteiger partial charge in [-0.05, 0) is 124 Å². The van der Waals surface area contributed by atoms with Crippen molar-refractivity contribution in [3.63, 3.8) is 0 Å². The molecule has 2 aromatic carbocycles. The van der Waals surface area contributed by atoms with Gasteiger partial charge in [-0.15, -0.1) is 0 Å². The molecule has 3 rings (SSSR count). The first-order chi connectivity index (χ1) is 20.2. The lowest BCUT2D eigenvalue weighted by Crippen LogP contribution is -2.36. The van der Waals surface area contributed by atoms with E-state index in [-0.39, 0.29) is 23.7 Å². The van der Waals surface area contributed by atoms with Gasteiger partial charge in [0.15, 0.2) is 0 Å². The zero-order valence-electron chi connectivity index (χ0n) is 24.5. The topological polar surface area (TPSA) is 57.6 Å². The van der Waals surface area contributed by atoms with Gasteiger partial charge in [0.05, 0.1) is 11.5 Å². The van der Waals surface area contributed by atoms with Gasteiger partial charge in [-0.25, -0.2) is 12.8 Å². The number of unbranched alkanes of at least 4 members (excludes halogenated alkanes) is 3. The Kier molecular flexibility index (Phi) is 12.6. The molecule has 0 atom stereocenters. The monoisotopic (exact) mass is 633 g/mol. The number of nitrogens with zero attached hydrogens (tertiary/aromatic N) is 1. The van der Waals surface area contributed by atoms with Gasteiger partial charge in [-0.2, -0.15) is 22.0 Å². The van der Waals surface area contributed by atoms with Gasteiger partial charge in [0, 0.05) is 6.42 Å². The van der Waals surface area contributed by atoms with Crippen molar-refractivity contribution in [1.29, 1.82) is 0 Å². The van der Waals surface area contributed by atoms with Gasteiger partial charge in [0.2, 0.25) is 0 Å². The Morgan fingerprint density at radius 3 is 2.19 bits per heavy atom. The lowest BCUT2D eigenvalue weighted by molar-refractivity contribution is -0.284. The van der Waals surface area contributed by atoms with Crippen molar-refractivity contribution >= 4 is 21.0 Å². The summed E-state index contributed by atoms with van der Waals surface area (Å²) < 4.78 is 100. The fourth-order valence-electron chi connectivity index (χ4n) is 5.57. The van der Waals surface area contributed by atoms with Crippen LogP contribution in [-0.4, -0.2) is 62.2 Å². The molecule has 4 nitrogen and oxygen atoms in total. The molecular weight excluding hydrogens is 592 g/mol. The molecule has 0 aromatic heterocycles. The molecule has 0 saturated heterocycles. The van der Waals surface area contributed by atoms with Crippen molar-refractivity contribution in [2.75, 3.05) is 31.6 Å². The number of allylic oxidation sites excluding steroid dienone is 2. The van der Waals surface area contributed by atoms with E-state index in [2.05, 4.69) is 0 Å². The number of sulfone groups is 1. The van der Waals surface area contributed by atoms with E-state index >= 15 is 0 Å². The second-order valence-corrected chi connectivity index (χ2v) is 13.7. The molecule has 0 radical (unpaired) electrons. The van der Waals surface area contributed by atoms with Gasteiger partial charge in [-0.3, -0.25) is 0 Å². The van der Waals surface area contributed by atoms with Crippen LogP contribution in [0, 0.1) is 5.82 Å². The molecule has 43 heavy (non-hydrogen) atoms. The molecule has 0 unspecified atom stereocenters. The van der Waals surface area contributed by atoms with Crippen LogP contribution in [0.3, 0.4) is 0 Å². The van der Waals surface area contributed by atoms with E-state index in [1.54, 1.807) is 6.07 Å². The van der Waals surface area contributed by atoms with Crippen LogP contribution in [0.25, 0.3) is 11.1 Å². The molecule has 1 N–H and O–H groups in total. The molecule has 1 aliphatic carbocycles. The number of aryl methyl sites for hydroxylation is 1. The summed E-state index contributed by atoms with van der Waals surface area (Å²) in [6.45, 7) is 1.24. The van der Waals surface area contributed by atoms with Crippen molar-refractivity contribution in [2.45, 2.75) is 82.7 Å². The fraction of sp³-hybridized carbons (Fsp3) is 0.562. The number of phenols is 1. The second-order valence-electron chi connectivity index (χ2n) is 11.4. The maximum absolute atomic E-state index is 13.6. The van der Waals surface area contributed by atoms with Crippen LogP contribution in [0.1, 0.15) is 80.9 Å². The third kappa shape index (κ3) is 10.8. The summed E-state index contributed by atoms with van der Waals surface area (Å²) in [7, 11) is -1.84. The molecule has 0 saturated carbocycles. The Morgan fingerprint density at radius 2 is 1.49 bits per heavy atom. The lowest BCUT2D eigenvalue weighted by Gasteiger charge is -2.19. The third-order valence-electron chi connectivity index (χ3n) is 7.92. The second kappa shape index (κ2) is 15.5. The molecule has 0 aliphatic heterocycles. The number of halogens is 6. The third-order valence-corrected chi connectivity index (χ3v) is 9.74. The largest absolute Gasteiger partial charge is 0.508 e. The minimum absolute atomic E-state index is 0.246. The van der Waals surface area contributed by atoms with E-state index in [9.17, 15) is 39.9 Å². The highest BCUT2D eigenvalue weighted by Gasteiger charge is 2.56. The minimum Gasteiger partial charge on any atom is -0.508 e. The van der Waals surface area contributed by atoms with E-state index in [0.717, 1.165) is 74.6 Å². The highest BCUT2D eigenvalue weighted by atomic mass is 32.2. The van der Waals surface area contributed by atoms with E-state index < -0.39 is 40.5 Å². The molecule has 11 heteroatoms. The molecule has 1 aliphatic rings. The number of benzene rings is 2. The fourth-order valence-corrected chi connectivity index (χ4v) is 6.92. The Labute approximate surface area is 250 Å². The first-order valence-electron chi connectivity index (χ1n) is 14.8. The average Bonchev–Trinajstić information content (AvgIpc) is 3.09. The summed E-state index contributed by atoms with van der Waals surface area (Å²) in [4.78, 5) is 2.00. The number of phenolic OH excluding ortho intramolecular Hbond substituents is 1. The molecule has 0 heterocycles. The van der Waals surface area contributed by atoms with Crippen molar-refractivity contribution in [2.24, 2.45) is 0 Å². The zero-order valence-corrected chi connectivity index (χ0v) is 25.4. The van der Waals surface area contributed by atoms with Gasteiger partial charge >= 0.3 is 12.1 Å². The van der Waals surface area contributed by atoms with Crippen molar-refractivity contribution in [3.05, 3.63) is 65.0 Å². The summed E-state index contributed by atoms with van der Waals surface area (Å²) in [6, 6.07) is 12.1. The van der Waals surface area contributed by atoms with Crippen LogP contribution >= 0.6 is 0 Å². The first kappa shape index (κ1) is 35.0. The Bertz CT molecular complexity index is 1320. The maximum atomic E-state index is 13.6. The SMILES string of the molecule is CN(CCCCCCC1=C(c2ccc(F)cc2)CCCc2cc(O)ccc21)CCCS(=O)(=O)CCCC(F)(F)C(F)(F)F. The standard InChI is InChI=1S/C32H41F6NO3S/c1-39(20-8-22-43(41,42)21-7-18-31(34,35)32(36,37)38)19-5-3-2-4-10-30-28(24-12-14-26(33)15-13-24)11-6-9-25-23-27(40)16-17-29(25)30/h12-17,23,40H,2-11,18-22H2,1H3. The van der Waals surface area contributed by atoms with Gasteiger partial charge in [0.1, 0.15) is 21.4 Å². The van der Waals surface area contributed by atoms with Crippen LogP contribution in [0.4, 0.5) is 26.3 Å². The molecule has 0 fully saturated rings. The number of aromatic hydroxyl groups is 1.